The number of fused-ring (bicyclic) bond motifs is 4. The minimum absolute atomic E-state index is 0. The standard InChI is InChI=1S/C58H49BN5O.Pt/c1-36(2)45-33-42(40-21-9-7-10-22-40)34-46(37(3)4)55(45)63-56-54(53-38(5)19-17-20-39(53)6)50-27-18-29-52-62(43-23-11-8-12-24-43)49-31-30-41(48-26-15-16-32-60-48)35-47(49)59(64(50)52)57(56)61-58(63)44-25-13-14-28-51(44)65;/h7-34,36-37,65H,1-6H3;/q-1;. The first kappa shape index (κ1) is 43.0. The molecule has 0 amide bonds. The number of imidazole rings is 1. The van der Waals surface area contributed by atoms with Crippen LogP contribution in [0.3, 0.4) is 0 Å². The summed E-state index contributed by atoms with van der Waals surface area (Å²) < 4.78 is 2.42. The van der Waals surface area contributed by atoms with Crippen LogP contribution < -0.4 is 16.0 Å². The smallest absolute Gasteiger partial charge is 0.335 e. The number of aryl methyl sites for hydroxylation is 2. The molecule has 0 atom stereocenters. The molecule has 8 aromatic rings. The van der Waals surface area contributed by atoms with Crippen LogP contribution in [-0.2, 0) is 21.1 Å². The van der Waals surface area contributed by atoms with Gasteiger partial charge in [-0.2, -0.15) is 0 Å². The van der Waals surface area contributed by atoms with Crippen molar-refractivity contribution < 1.29 is 26.2 Å². The number of phenolic OH excluding ortho intramolecular Hbond substituents is 1. The predicted octanol–water partition coefficient (Wildman–Crippen LogP) is 12.4. The van der Waals surface area contributed by atoms with Crippen LogP contribution >= 0.6 is 0 Å². The fourth-order valence-electron chi connectivity index (χ4n) is 10.2. The zero-order valence-electron chi connectivity index (χ0n) is 37.9. The first-order chi connectivity index (χ1) is 31.7. The van der Waals surface area contributed by atoms with Gasteiger partial charge in [0.05, 0.1) is 28.4 Å². The van der Waals surface area contributed by atoms with E-state index in [-0.39, 0.29) is 38.7 Å². The molecule has 0 radical (unpaired) electrons. The van der Waals surface area contributed by atoms with Crippen LogP contribution in [0.4, 0.5) is 11.4 Å². The topological polar surface area (TPSA) is 57.4 Å². The number of hydrogen-bond acceptors (Lipinski definition) is 5. The van der Waals surface area contributed by atoms with Gasteiger partial charge in [-0.1, -0.05) is 125 Å². The van der Waals surface area contributed by atoms with Crippen LogP contribution in [0.1, 0.15) is 73.0 Å². The number of benzene rings is 6. The summed E-state index contributed by atoms with van der Waals surface area (Å²) in [5.74, 6) is 2.18. The van der Waals surface area contributed by atoms with E-state index in [4.69, 9.17) is 9.97 Å². The predicted molar refractivity (Wildman–Crippen MR) is 267 cm³/mol. The molecule has 0 fully saturated rings. The Morgan fingerprint density at radius 2 is 1.36 bits per heavy atom. The molecule has 0 bridgehead atoms. The van der Waals surface area contributed by atoms with Gasteiger partial charge in [0.2, 0.25) is 0 Å². The second-order valence-corrected chi connectivity index (χ2v) is 17.9. The maximum atomic E-state index is 12.0. The summed E-state index contributed by atoms with van der Waals surface area (Å²) in [6.45, 7) is 13.2. The zero-order chi connectivity index (χ0) is 44.5. The van der Waals surface area contributed by atoms with E-state index in [1.807, 2.05) is 42.6 Å². The fourth-order valence-corrected chi connectivity index (χ4v) is 10.2. The van der Waals surface area contributed by atoms with Crippen LogP contribution in [0.15, 0.2) is 182 Å². The van der Waals surface area contributed by atoms with Crippen molar-refractivity contribution in [1.29, 1.82) is 0 Å². The van der Waals surface area contributed by atoms with Crippen molar-refractivity contribution in [3.05, 3.63) is 221 Å². The number of hydrogen-bond donors (Lipinski definition) is 1. The molecule has 8 heteroatoms. The minimum Gasteiger partial charge on any atom is -0.507 e. The summed E-state index contributed by atoms with van der Waals surface area (Å²) in [5, 5.41) is 12.0. The van der Waals surface area contributed by atoms with E-state index >= 15 is 0 Å². The molecule has 5 heterocycles. The van der Waals surface area contributed by atoms with Crippen LogP contribution in [0.2, 0.25) is 0 Å². The Balaban J connectivity index is 0.00000511. The molecule has 2 aromatic heterocycles. The number of allylic oxidation sites excluding steroid dienone is 3. The normalized spacial score (nSPS) is 13.7. The van der Waals surface area contributed by atoms with Crippen LogP contribution in [0.5, 0.6) is 5.75 Å². The van der Waals surface area contributed by atoms with Gasteiger partial charge >= 0.3 is 6.85 Å². The summed E-state index contributed by atoms with van der Waals surface area (Å²) in [4.78, 5) is 15.5. The summed E-state index contributed by atoms with van der Waals surface area (Å²) >= 11 is 0. The van der Waals surface area contributed by atoms with E-state index in [1.165, 1.54) is 38.9 Å². The maximum absolute atomic E-state index is 12.0. The molecule has 11 rings (SSSR count). The van der Waals surface area contributed by atoms with Gasteiger partial charge in [-0.25, -0.2) is 4.98 Å². The SMILES string of the molecule is Cc1cccc(C)c1C1=C2C=CC=C3N2B(c2[c-]c(-c4ccccn4)ccc2N3c2ccccc2)c2nc(-c3ccccc3O)n(-c3c(C(C)C)cc(-c4ccccc4)cc3C(C)C)c21.[Pt]. The molecule has 6 aromatic carbocycles. The Labute approximate surface area is 402 Å². The number of phenols is 1. The van der Waals surface area contributed by atoms with E-state index in [0.717, 1.165) is 62.2 Å². The van der Waals surface area contributed by atoms with Gasteiger partial charge in [-0.05, 0) is 131 Å². The second kappa shape index (κ2) is 17.1. The molecule has 3 aliphatic rings. The van der Waals surface area contributed by atoms with Crippen molar-refractivity contribution in [2.75, 3.05) is 4.90 Å². The van der Waals surface area contributed by atoms with Crippen LogP contribution in [0, 0.1) is 19.9 Å². The molecule has 66 heavy (non-hydrogen) atoms. The second-order valence-electron chi connectivity index (χ2n) is 17.9. The van der Waals surface area contributed by atoms with Gasteiger partial charge in [-0.15, -0.1) is 29.2 Å². The molecule has 0 unspecified atom stereocenters. The Morgan fingerprint density at radius 3 is 2.03 bits per heavy atom. The summed E-state index contributed by atoms with van der Waals surface area (Å²) in [6, 6.07) is 54.7. The zero-order valence-corrected chi connectivity index (χ0v) is 40.2. The number of anilines is 2. The molecule has 0 saturated heterocycles. The van der Waals surface area contributed by atoms with Gasteiger partial charge in [0.25, 0.3) is 0 Å². The average molecular weight is 1040 g/mol. The summed E-state index contributed by atoms with van der Waals surface area (Å²) in [6.07, 6.45) is 8.54. The Morgan fingerprint density at radius 1 is 0.697 bits per heavy atom. The van der Waals surface area contributed by atoms with Gasteiger partial charge in [-0.3, -0.25) is 4.57 Å². The van der Waals surface area contributed by atoms with Crippen molar-refractivity contribution in [2.24, 2.45) is 0 Å². The first-order valence-electron chi connectivity index (χ1n) is 22.7. The van der Waals surface area contributed by atoms with E-state index in [2.05, 4.69) is 183 Å². The first-order valence-corrected chi connectivity index (χ1v) is 22.7. The molecule has 326 valence electrons. The molecule has 3 aliphatic heterocycles. The number of pyridine rings is 1. The minimum atomic E-state index is -0.401. The number of aromatic nitrogens is 3. The van der Waals surface area contributed by atoms with Gasteiger partial charge in [0.1, 0.15) is 11.6 Å². The quantitative estimate of drug-likeness (QED) is 0.121. The van der Waals surface area contributed by atoms with Crippen molar-refractivity contribution in [1.82, 2.24) is 19.3 Å². The van der Waals surface area contributed by atoms with Crippen molar-refractivity contribution in [2.45, 2.75) is 53.4 Å². The Hall–Kier alpha value is -6.95. The number of aromatic hydroxyl groups is 1. The van der Waals surface area contributed by atoms with E-state index in [9.17, 15) is 5.11 Å². The van der Waals surface area contributed by atoms with E-state index in [0.29, 0.717) is 11.4 Å². The van der Waals surface area contributed by atoms with Crippen LogP contribution in [-0.4, -0.2) is 31.3 Å². The Kier molecular flexibility index (Phi) is 11.1. The summed E-state index contributed by atoms with van der Waals surface area (Å²) in [7, 11) is 0. The van der Waals surface area contributed by atoms with Gasteiger partial charge in [0.15, 0.2) is 0 Å². The number of nitrogens with zero attached hydrogens (tertiary/aromatic N) is 5. The third kappa shape index (κ3) is 6.91. The van der Waals surface area contributed by atoms with E-state index in [1.54, 1.807) is 6.07 Å². The molecule has 0 spiro atoms. The van der Waals surface area contributed by atoms with Crippen LogP contribution in [0.25, 0.3) is 45.0 Å². The fraction of sp³-hybridized carbons (Fsp3) is 0.138. The number of rotatable bonds is 8. The third-order valence-corrected chi connectivity index (χ3v) is 13.2. The molecular weight excluding hydrogens is 989 g/mol. The summed E-state index contributed by atoms with van der Waals surface area (Å²) in [5.41, 5.74) is 19.0. The maximum Gasteiger partial charge on any atom is 0.335 e. The monoisotopic (exact) mass is 1040 g/mol. The molecule has 0 aliphatic carbocycles. The van der Waals surface area contributed by atoms with Crippen molar-refractivity contribution >= 4 is 34.9 Å². The molecule has 0 saturated carbocycles. The average Bonchev–Trinajstić information content (AvgIpc) is 3.72. The number of para-hydroxylation sites is 2. The van der Waals surface area contributed by atoms with Gasteiger partial charge < -0.3 is 19.8 Å². The molecular formula is C58H49BN5OPt-. The van der Waals surface area contributed by atoms with Crippen molar-refractivity contribution in [3.63, 3.8) is 0 Å². The Bertz CT molecular complexity index is 3210. The van der Waals surface area contributed by atoms with Gasteiger partial charge in [0, 0.05) is 44.2 Å². The van der Waals surface area contributed by atoms with Crippen molar-refractivity contribution in [3.8, 4) is 45.2 Å². The molecule has 6 nitrogen and oxygen atoms in total. The third-order valence-electron chi connectivity index (χ3n) is 13.2. The van der Waals surface area contributed by atoms with E-state index < -0.39 is 6.85 Å². The molecule has 1 N–H and O–H groups in total. The largest absolute Gasteiger partial charge is 0.507 e.